The summed E-state index contributed by atoms with van der Waals surface area (Å²) in [6.07, 6.45) is 0.624. The second-order valence-electron chi connectivity index (χ2n) is 6.69. The van der Waals surface area contributed by atoms with Gasteiger partial charge in [0.1, 0.15) is 16.7 Å². The quantitative estimate of drug-likeness (QED) is 0.878. The van der Waals surface area contributed by atoms with Crippen molar-refractivity contribution in [1.29, 1.82) is 0 Å². The maximum absolute atomic E-state index is 12.6. The molecule has 0 unspecified atom stereocenters. The van der Waals surface area contributed by atoms with Crippen LogP contribution in [0.25, 0.3) is 11.0 Å². The maximum atomic E-state index is 12.6. The van der Waals surface area contributed by atoms with Gasteiger partial charge < -0.3 is 14.5 Å². The molecule has 1 aliphatic rings. The molecule has 1 aromatic carbocycles. The van der Waals surface area contributed by atoms with Crippen molar-refractivity contribution >= 4 is 22.8 Å². The molecule has 5 heteroatoms. The Bertz CT molecular complexity index is 701. The number of rotatable bonds is 3. The van der Waals surface area contributed by atoms with Gasteiger partial charge >= 0.3 is 6.09 Å². The Morgan fingerprint density at radius 2 is 1.91 bits per heavy atom. The molecule has 1 saturated carbocycles. The van der Waals surface area contributed by atoms with Crippen LogP contribution in [0, 0.1) is 0 Å². The first-order valence-electron chi connectivity index (χ1n) is 7.34. The first-order chi connectivity index (χ1) is 10.3. The number of alkyl carbamates (subject to hydrolysis) is 1. The minimum atomic E-state index is -0.879. The van der Waals surface area contributed by atoms with Gasteiger partial charge in [-0.1, -0.05) is 18.2 Å². The predicted octanol–water partition coefficient (Wildman–Crippen LogP) is 3.67. The summed E-state index contributed by atoms with van der Waals surface area (Å²) >= 11 is 0. The van der Waals surface area contributed by atoms with Gasteiger partial charge in [0.05, 0.1) is 0 Å². The number of benzene rings is 1. The van der Waals surface area contributed by atoms with Crippen LogP contribution >= 0.6 is 0 Å². The van der Waals surface area contributed by atoms with Crippen LogP contribution < -0.4 is 5.32 Å². The lowest BCUT2D eigenvalue weighted by molar-refractivity contribution is 0.0480. The Kier molecular flexibility index (Phi) is 3.24. The molecule has 1 aromatic heterocycles. The van der Waals surface area contributed by atoms with Crippen molar-refractivity contribution in [2.75, 3.05) is 0 Å². The third-order valence-electron chi connectivity index (χ3n) is 3.57. The molecule has 0 spiro atoms. The van der Waals surface area contributed by atoms with Crippen LogP contribution in [0.1, 0.15) is 44.2 Å². The zero-order chi connectivity index (χ0) is 16.0. The van der Waals surface area contributed by atoms with Crippen molar-refractivity contribution in [2.24, 2.45) is 0 Å². The molecule has 0 radical (unpaired) electrons. The molecule has 116 valence electrons. The molecule has 1 heterocycles. The van der Waals surface area contributed by atoms with Gasteiger partial charge in [0.2, 0.25) is 5.78 Å². The molecule has 0 aliphatic heterocycles. The van der Waals surface area contributed by atoms with E-state index in [-0.39, 0.29) is 11.5 Å². The normalized spacial score (nSPS) is 16.3. The van der Waals surface area contributed by atoms with Crippen LogP contribution in [0.4, 0.5) is 4.79 Å². The van der Waals surface area contributed by atoms with Crippen LogP contribution in [0.3, 0.4) is 0 Å². The van der Waals surface area contributed by atoms with Gasteiger partial charge in [-0.15, -0.1) is 0 Å². The molecule has 1 N–H and O–H groups in total. The van der Waals surface area contributed by atoms with Crippen LogP contribution in [-0.4, -0.2) is 23.0 Å². The van der Waals surface area contributed by atoms with Gasteiger partial charge in [-0.3, -0.25) is 4.79 Å². The Hall–Kier alpha value is -2.30. The predicted molar refractivity (Wildman–Crippen MR) is 81.9 cm³/mol. The van der Waals surface area contributed by atoms with Crippen molar-refractivity contribution in [3.8, 4) is 0 Å². The first-order valence-corrected chi connectivity index (χ1v) is 7.34. The highest BCUT2D eigenvalue weighted by molar-refractivity contribution is 6.06. The molecular weight excluding hydrogens is 282 g/mol. The molecule has 1 amide bonds. The molecule has 0 atom stereocenters. The number of hydrogen-bond donors (Lipinski definition) is 1. The molecule has 0 saturated heterocycles. The van der Waals surface area contributed by atoms with Crippen molar-refractivity contribution < 1.29 is 18.7 Å². The van der Waals surface area contributed by atoms with E-state index in [1.54, 1.807) is 26.8 Å². The highest BCUT2D eigenvalue weighted by Gasteiger charge is 2.53. The number of carbonyl (C=O) groups excluding carboxylic acids is 2. The van der Waals surface area contributed by atoms with Crippen LogP contribution in [-0.2, 0) is 4.74 Å². The smallest absolute Gasteiger partial charge is 0.408 e. The fourth-order valence-corrected chi connectivity index (χ4v) is 2.36. The molecule has 5 nitrogen and oxygen atoms in total. The van der Waals surface area contributed by atoms with E-state index in [1.807, 2.05) is 24.3 Å². The highest BCUT2D eigenvalue weighted by atomic mass is 16.6. The zero-order valence-electron chi connectivity index (χ0n) is 12.9. The van der Waals surface area contributed by atoms with E-state index in [2.05, 4.69) is 5.32 Å². The van der Waals surface area contributed by atoms with Gasteiger partial charge in [0.15, 0.2) is 5.76 Å². The van der Waals surface area contributed by atoms with Crippen molar-refractivity contribution in [2.45, 2.75) is 44.8 Å². The van der Waals surface area contributed by atoms with E-state index >= 15 is 0 Å². The van der Waals surface area contributed by atoms with Gasteiger partial charge in [-0.2, -0.15) is 0 Å². The largest absolute Gasteiger partial charge is 0.453 e. The summed E-state index contributed by atoms with van der Waals surface area (Å²) in [5.74, 6) is 0.0734. The molecule has 1 fully saturated rings. The van der Waals surface area contributed by atoms with Gasteiger partial charge in [0, 0.05) is 5.39 Å². The number of hydrogen-bond acceptors (Lipinski definition) is 4. The standard InChI is InChI=1S/C17H19NO4/c1-16(2,3)22-15(20)18-17(8-9-17)14(19)13-10-11-6-4-5-7-12(11)21-13/h4-7,10H,8-9H2,1-3H3,(H,18,20). The summed E-state index contributed by atoms with van der Waals surface area (Å²) in [4.78, 5) is 24.5. The Balaban J connectivity index is 1.77. The van der Waals surface area contributed by atoms with Crippen LogP contribution in [0.2, 0.25) is 0 Å². The van der Waals surface area contributed by atoms with Crippen LogP contribution in [0.15, 0.2) is 34.7 Å². The average molecular weight is 301 g/mol. The number of nitrogens with one attached hydrogen (secondary N) is 1. The lowest BCUT2D eigenvalue weighted by Crippen LogP contribution is -2.45. The lowest BCUT2D eigenvalue weighted by atomic mass is 10.1. The van der Waals surface area contributed by atoms with E-state index in [4.69, 9.17) is 9.15 Å². The molecule has 2 aromatic rings. The van der Waals surface area contributed by atoms with E-state index in [9.17, 15) is 9.59 Å². The molecule has 22 heavy (non-hydrogen) atoms. The van der Waals surface area contributed by atoms with Gasteiger partial charge in [-0.25, -0.2) is 4.79 Å². The summed E-state index contributed by atoms with van der Waals surface area (Å²) in [5, 5.41) is 3.57. The topological polar surface area (TPSA) is 68.5 Å². The van der Waals surface area contributed by atoms with E-state index in [0.717, 1.165) is 5.39 Å². The number of para-hydroxylation sites is 1. The zero-order valence-corrected chi connectivity index (χ0v) is 12.9. The Morgan fingerprint density at radius 3 is 2.50 bits per heavy atom. The SMILES string of the molecule is CC(C)(C)OC(=O)NC1(C(=O)c2cc3ccccc3o2)CC1. The molecule has 1 aliphatic carbocycles. The summed E-state index contributed by atoms with van der Waals surface area (Å²) in [6.45, 7) is 5.35. The second-order valence-corrected chi connectivity index (χ2v) is 6.69. The number of ketones is 1. The summed E-state index contributed by atoms with van der Waals surface area (Å²) in [5.41, 5.74) is -0.808. The Morgan fingerprint density at radius 1 is 1.23 bits per heavy atom. The molecule has 0 bridgehead atoms. The average Bonchev–Trinajstić information content (AvgIpc) is 3.05. The van der Waals surface area contributed by atoms with E-state index < -0.39 is 17.2 Å². The second kappa shape index (κ2) is 4.87. The summed E-state index contributed by atoms with van der Waals surface area (Å²) < 4.78 is 10.8. The molecule has 3 rings (SSSR count). The van der Waals surface area contributed by atoms with Crippen molar-refractivity contribution in [3.05, 3.63) is 36.1 Å². The minimum absolute atomic E-state index is 0.199. The first kappa shape index (κ1) is 14.6. The summed E-state index contributed by atoms with van der Waals surface area (Å²) in [6, 6.07) is 9.15. The third-order valence-corrected chi connectivity index (χ3v) is 3.57. The van der Waals surface area contributed by atoms with E-state index in [1.165, 1.54) is 0 Å². The number of ether oxygens (including phenoxy) is 1. The summed E-state index contributed by atoms with van der Waals surface area (Å²) in [7, 11) is 0. The lowest BCUT2D eigenvalue weighted by Gasteiger charge is -2.22. The van der Waals surface area contributed by atoms with Crippen molar-refractivity contribution in [3.63, 3.8) is 0 Å². The highest BCUT2D eigenvalue weighted by Crippen LogP contribution is 2.39. The third kappa shape index (κ3) is 2.84. The van der Waals surface area contributed by atoms with E-state index in [0.29, 0.717) is 18.4 Å². The fourth-order valence-electron chi connectivity index (χ4n) is 2.36. The Labute approximate surface area is 128 Å². The number of fused-ring (bicyclic) bond motifs is 1. The monoisotopic (exact) mass is 301 g/mol. The fraction of sp³-hybridized carbons (Fsp3) is 0.412. The van der Waals surface area contributed by atoms with Gasteiger partial charge in [-0.05, 0) is 45.7 Å². The number of carbonyl (C=O) groups is 2. The number of furan rings is 1. The van der Waals surface area contributed by atoms with Crippen molar-refractivity contribution in [1.82, 2.24) is 5.32 Å². The number of Topliss-reactive ketones (excluding diaryl/α,β-unsaturated/α-hetero) is 1. The maximum Gasteiger partial charge on any atom is 0.408 e. The van der Waals surface area contributed by atoms with Crippen LogP contribution in [0.5, 0.6) is 0 Å². The minimum Gasteiger partial charge on any atom is -0.453 e. The number of amides is 1. The molecular formula is C17H19NO4. The van der Waals surface area contributed by atoms with Gasteiger partial charge in [0.25, 0.3) is 0 Å².